The van der Waals surface area contributed by atoms with E-state index < -0.39 is 11.0 Å². The van der Waals surface area contributed by atoms with Crippen molar-refractivity contribution in [3.8, 4) is 11.3 Å². The van der Waals surface area contributed by atoms with Crippen LogP contribution in [0.2, 0.25) is 0 Å². The van der Waals surface area contributed by atoms with Crippen LogP contribution in [0.5, 0.6) is 0 Å². The number of benzene rings is 1. The van der Waals surface area contributed by atoms with Crippen LogP contribution in [0.4, 0.5) is 4.79 Å². The highest BCUT2D eigenvalue weighted by molar-refractivity contribution is 5.74. The van der Waals surface area contributed by atoms with Gasteiger partial charge in [0.15, 0.2) is 0 Å². The standard InChI is InChI=1S/C27H32N4O4/c1-29(16-21-9-14-35-17-21)25(33)30-13-12-27(34,26(18-30)10-5-6-11-26)19-31-20-28-23(15-24(31)32)22-7-3-2-4-8-22/h2-4,7-9,14-15,17,20,34H,5-6,10-13,16,18-19H2,1H3. The molecule has 3 heterocycles. The Morgan fingerprint density at radius 2 is 1.94 bits per heavy atom. The average Bonchev–Trinajstić information content (AvgIpc) is 3.56. The fourth-order valence-corrected chi connectivity index (χ4v) is 5.82. The van der Waals surface area contributed by atoms with Crippen molar-refractivity contribution in [2.24, 2.45) is 5.41 Å². The minimum atomic E-state index is -1.08. The zero-order valence-corrected chi connectivity index (χ0v) is 20.1. The third-order valence-corrected chi connectivity index (χ3v) is 7.81. The minimum absolute atomic E-state index is 0.0504. The molecule has 1 saturated carbocycles. The molecule has 1 saturated heterocycles. The molecule has 8 nitrogen and oxygen atoms in total. The molecule has 1 unspecified atom stereocenters. The van der Waals surface area contributed by atoms with Gasteiger partial charge in [-0.2, -0.15) is 0 Å². The Kier molecular flexibility index (Phi) is 6.23. The van der Waals surface area contributed by atoms with Gasteiger partial charge in [-0.15, -0.1) is 0 Å². The van der Waals surface area contributed by atoms with Crippen LogP contribution in [0, 0.1) is 5.41 Å². The maximum absolute atomic E-state index is 13.2. The highest BCUT2D eigenvalue weighted by Crippen LogP contribution is 2.51. The molecular formula is C27H32N4O4. The van der Waals surface area contributed by atoms with E-state index in [9.17, 15) is 14.7 Å². The van der Waals surface area contributed by atoms with Crippen LogP contribution in [0.3, 0.4) is 0 Å². The second-order valence-electron chi connectivity index (χ2n) is 10.1. The summed E-state index contributed by atoms with van der Waals surface area (Å²) in [5.41, 5.74) is 0.747. The Morgan fingerprint density at radius 3 is 2.63 bits per heavy atom. The fraction of sp³-hybridized carbons (Fsp3) is 0.444. The molecule has 1 aliphatic carbocycles. The van der Waals surface area contributed by atoms with Gasteiger partial charge in [-0.3, -0.25) is 9.36 Å². The van der Waals surface area contributed by atoms with E-state index in [1.165, 1.54) is 10.6 Å². The lowest BCUT2D eigenvalue weighted by Gasteiger charge is -2.52. The normalized spacial score (nSPS) is 21.4. The zero-order chi connectivity index (χ0) is 24.5. The first-order valence-electron chi connectivity index (χ1n) is 12.2. The highest BCUT2D eigenvalue weighted by Gasteiger charge is 2.55. The van der Waals surface area contributed by atoms with Gasteiger partial charge in [-0.05, 0) is 25.3 Å². The summed E-state index contributed by atoms with van der Waals surface area (Å²) in [6.07, 6.45) is 8.90. The van der Waals surface area contributed by atoms with Gasteiger partial charge in [0, 0.05) is 42.7 Å². The number of aliphatic hydroxyl groups is 1. The van der Waals surface area contributed by atoms with Crippen LogP contribution in [-0.4, -0.2) is 56.2 Å². The number of rotatable bonds is 5. The SMILES string of the molecule is CN(Cc1ccoc1)C(=O)N1CCC(O)(Cn2cnc(-c3ccccc3)cc2=O)C2(CCCC2)C1. The van der Waals surface area contributed by atoms with Gasteiger partial charge in [0.1, 0.15) is 0 Å². The molecule has 1 atom stereocenters. The molecule has 3 aromatic rings. The van der Waals surface area contributed by atoms with Crippen LogP contribution in [0.1, 0.15) is 37.7 Å². The number of furan rings is 1. The highest BCUT2D eigenvalue weighted by atomic mass is 16.3. The molecule has 2 aromatic heterocycles. The number of carbonyl (C=O) groups is 1. The minimum Gasteiger partial charge on any atom is -0.472 e. The molecule has 1 aromatic carbocycles. The lowest BCUT2D eigenvalue weighted by atomic mass is 9.66. The van der Waals surface area contributed by atoms with Gasteiger partial charge in [0.2, 0.25) is 0 Å². The molecule has 5 rings (SSSR count). The van der Waals surface area contributed by atoms with Gasteiger partial charge in [-0.1, -0.05) is 43.2 Å². The number of likely N-dealkylation sites (tertiary alicyclic amines) is 1. The predicted octanol–water partition coefficient (Wildman–Crippen LogP) is 3.75. The monoisotopic (exact) mass is 476 g/mol. The van der Waals surface area contributed by atoms with Crippen molar-refractivity contribution < 1.29 is 14.3 Å². The van der Waals surface area contributed by atoms with E-state index in [2.05, 4.69) is 4.98 Å². The summed E-state index contributed by atoms with van der Waals surface area (Å²) in [7, 11) is 1.79. The van der Waals surface area contributed by atoms with E-state index in [1.54, 1.807) is 30.8 Å². The molecule has 184 valence electrons. The Balaban J connectivity index is 1.34. The molecule has 1 N–H and O–H groups in total. The number of hydrogen-bond donors (Lipinski definition) is 1. The van der Waals surface area contributed by atoms with Crippen molar-refractivity contribution in [1.82, 2.24) is 19.4 Å². The number of aromatic nitrogens is 2. The second kappa shape index (κ2) is 9.34. The first-order valence-corrected chi connectivity index (χ1v) is 12.2. The van der Waals surface area contributed by atoms with Crippen molar-refractivity contribution in [2.45, 2.75) is 50.8 Å². The molecule has 2 aliphatic rings. The molecule has 0 bridgehead atoms. The van der Waals surface area contributed by atoms with Gasteiger partial charge < -0.3 is 19.3 Å². The van der Waals surface area contributed by atoms with E-state index in [0.29, 0.717) is 31.7 Å². The Morgan fingerprint density at radius 1 is 1.17 bits per heavy atom. The molecule has 2 amide bonds. The summed E-state index contributed by atoms with van der Waals surface area (Å²) in [5.74, 6) is 0. The van der Waals surface area contributed by atoms with Crippen molar-refractivity contribution in [1.29, 1.82) is 0 Å². The number of amides is 2. The number of nitrogens with zero attached hydrogens (tertiary/aromatic N) is 4. The third kappa shape index (κ3) is 4.50. The summed E-state index contributed by atoms with van der Waals surface area (Å²) >= 11 is 0. The molecule has 35 heavy (non-hydrogen) atoms. The third-order valence-electron chi connectivity index (χ3n) is 7.81. The first-order chi connectivity index (χ1) is 16.9. The van der Waals surface area contributed by atoms with E-state index in [4.69, 9.17) is 4.42 Å². The number of hydrogen-bond acceptors (Lipinski definition) is 5. The molecule has 2 fully saturated rings. The van der Waals surface area contributed by atoms with Crippen LogP contribution < -0.4 is 5.56 Å². The zero-order valence-electron chi connectivity index (χ0n) is 20.1. The summed E-state index contributed by atoms with van der Waals surface area (Å²) in [6.45, 7) is 1.58. The van der Waals surface area contributed by atoms with Crippen molar-refractivity contribution in [3.63, 3.8) is 0 Å². The number of urea groups is 1. The van der Waals surface area contributed by atoms with Crippen LogP contribution in [-0.2, 0) is 13.1 Å². The quantitative estimate of drug-likeness (QED) is 0.606. The fourth-order valence-electron chi connectivity index (χ4n) is 5.82. The van der Waals surface area contributed by atoms with Gasteiger partial charge >= 0.3 is 6.03 Å². The molecule has 1 spiro atoms. The molecule has 0 radical (unpaired) electrons. The van der Waals surface area contributed by atoms with E-state index in [-0.39, 0.29) is 18.1 Å². The van der Waals surface area contributed by atoms with Crippen LogP contribution >= 0.6 is 0 Å². The van der Waals surface area contributed by atoms with Crippen molar-refractivity contribution in [3.05, 3.63) is 77.2 Å². The van der Waals surface area contributed by atoms with Crippen LogP contribution in [0.25, 0.3) is 11.3 Å². The molecular weight excluding hydrogens is 444 g/mol. The smallest absolute Gasteiger partial charge is 0.320 e. The lowest BCUT2D eigenvalue weighted by Crippen LogP contribution is -2.63. The molecule has 1 aliphatic heterocycles. The van der Waals surface area contributed by atoms with E-state index >= 15 is 0 Å². The van der Waals surface area contributed by atoms with Gasteiger partial charge in [0.05, 0.1) is 43.2 Å². The number of piperidine rings is 1. The van der Waals surface area contributed by atoms with Crippen molar-refractivity contribution in [2.75, 3.05) is 20.1 Å². The second-order valence-corrected chi connectivity index (χ2v) is 10.1. The maximum Gasteiger partial charge on any atom is 0.320 e. The summed E-state index contributed by atoms with van der Waals surface area (Å²) in [5, 5.41) is 12.0. The van der Waals surface area contributed by atoms with E-state index in [0.717, 1.165) is 36.8 Å². The summed E-state index contributed by atoms with van der Waals surface area (Å²) in [4.78, 5) is 34.3. The van der Waals surface area contributed by atoms with Crippen molar-refractivity contribution >= 4 is 6.03 Å². The topological polar surface area (TPSA) is 91.8 Å². The van der Waals surface area contributed by atoms with Gasteiger partial charge in [-0.25, -0.2) is 9.78 Å². The summed E-state index contributed by atoms with van der Waals surface area (Å²) < 4.78 is 6.65. The lowest BCUT2D eigenvalue weighted by molar-refractivity contribution is -0.136. The van der Waals surface area contributed by atoms with E-state index in [1.807, 2.05) is 41.3 Å². The average molecular weight is 477 g/mol. The molecule has 8 heteroatoms. The number of carbonyl (C=O) groups excluding carboxylic acids is 1. The van der Waals surface area contributed by atoms with Gasteiger partial charge in [0.25, 0.3) is 5.56 Å². The largest absolute Gasteiger partial charge is 0.472 e. The predicted molar refractivity (Wildman–Crippen MR) is 132 cm³/mol. The van der Waals surface area contributed by atoms with Crippen LogP contribution in [0.15, 0.2) is 70.5 Å². The Labute approximate surface area is 204 Å². The Bertz CT molecular complexity index is 1220. The first kappa shape index (κ1) is 23.4. The Hall–Kier alpha value is -3.39. The maximum atomic E-state index is 13.2. The summed E-state index contributed by atoms with van der Waals surface area (Å²) in [6, 6.07) is 12.9.